The molecule has 2 N–H and O–H groups in total. The number of nitrogens with zero attached hydrogens (tertiary/aromatic N) is 2. The van der Waals surface area contributed by atoms with E-state index in [4.69, 9.17) is 17.3 Å². The topological polar surface area (TPSA) is 52.5 Å². The summed E-state index contributed by atoms with van der Waals surface area (Å²) in [6.45, 7) is 0. The van der Waals surface area contributed by atoms with Gasteiger partial charge in [-0.15, -0.1) is 0 Å². The van der Waals surface area contributed by atoms with Crippen LogP contribution >= 0.6 is 11.6 Å². The number of hydrogen-bond donors (Lipinski definition) is 1. The summed E-state index contributed by atoms with van der Waals surface area (Å²) >= 11 is 5.10. The zero-order valence-corrected chi connectivity index (χ0v) is 4.48. The largest absolute Gasteiger partial charge is 0.436 e. The highest BCUT2D eigenvalue weighted by atomic mass is 35.5. The van der Waals surface area contributed by atoms with E-state index < -0.39 is 5.83 Å². The summed E-state index contributed by atoms with van der Waals surface area (Å²) in [5.41, 5.74) is 4.91. The molecule has 1 heterocycles. The van der Waals surface area contributed by atoms with Crippen molar-refractivity contribution in [2.24, 2.45) is 10.8 Å². The maximum Gasteiger partial charge on any atom is 0.436 e. The Labute approximate surface area is 49.4 Å². The van der Waals surface area contributed by atoms with Crippen molar-refractivity contribution in [3.8, 4) is 0 Å². The van der Waals surface area contributed by atoms with E-state index in [-0.39, 0.29) is 11.0 Å². The predicted octanol–water partition coefficient (Wildman–Crippen LogP) is 0.395. The molecule has 0 aliphatic carbocycles. The van der Waals surface area contributed by atoms with Crippen LogP contribution in [0.1, 0.15) is 0 Å². The summed E-state index contributed by atoms with van der Waals surface area (Å²) in [4.78, 5) is 3.14. The normalized spacial score (nSPS) is 17.5. The minimum Gasteiger partial charge on any atom is -0.268 e. The van der Waals surface area contributed by atoms with E-state index in [9.17, 15) is 4.39 Å². The van der Waals surface area contributed by atoms with E-state index in [0.717, 1.165) is 0 Å². The molecule has 1 rings (SSSR count). The van der Waals surface area contributed by atoms with Crippen LogP contribution in [0.5, 0.6) is 0 Å². The van der Waals surface area contributed by atoms with Crippen molar-refractivity contribution in [1.82, 2.24) is 0 Å². The van der Waals surface area contributed by atoms with Crippen LogP contribution in [0.25, 0.3) is 0 Å². The van der Waals surface area contributed by atoms with E-state index in [0.29, 0.717) is 0 Å². The standard InChI is InChI=1S/C3HClFN3/c4-2-1(5)3(6)8-7-2/h6H/p+1. The summed E-state index contributed by atoms with van der Waals surface area (Å²) in [5, 5.41) is 2.86. The Morgan fingerprint density at radius 3 is 2.50 bits per heavy atom. The van der Waals surface area contributed by atoms with Gasteiger partial charge in [-0.25, -0.2) is 0 Å². The van der Waals surface area contributed by atoms with Crippen molar-refractivity contribution in [2.75, 3.05) is 0 Å². The van der Waals surface area contributed by atoms with Crippen molar-refractivity contribution in [1.29, 1.82) is 0 Å². The van der Waals surface area contributed by atoms with Gasteiger partial charge in [0.1, 0.15) is 0 Å². The molecule has 0 aromatic rings. The van der Waals surface area contributed by atoms with E-state index >= 15 is 0 Å². The first-order chi connectivity index (χ1) is 3.72. The quantitative estimate of drug-likeness (QED) is 0.378. The molecule has 5 heteroatoms. The summed E-state index contributed by atoms with van der Waals surface area (Å²) in [6.07, 6.45) is 0. The van der Waals surface area contributed by atoms with Gasteiger partial charge in [0.2, 0.25) is 5.16 Å². The van der Waals surface area contributed by atoms with Crippen molar-refractivity contribution in [3.05, 3.63) is 11.0 Å². The molecule has 3 nitrogen and oxygen atoms in total. The molecule has 0 aromatic carbocycles. The van der Waals surface area contributed by atoms with Gasteiger partial charge >= 0.3 is 5.84 Å². The van der Waals surface area contributed by atoms with Gasteiger partial charge in [0.05, 0.1) is 0 Å². The van der Waals surface area contributed by atoms with Gasteiger partial charge < -0.3 is 0 Å². The van der Waals surface area contributed by atoms with Crippen molar-refractivity contribution >= 4 is 17.4 Å². The molecule has 8 heavy (non-hydrogen) atoms. The second kappa shape index (κ2) is 1.58. The van der Waals surface area contributed by atoms with Gasteiger partial charge in [0.25, 0.3) is 5.83 Å². The fourth-order valence-electron chi connectivity index (χ4n) is 0.291. The molecule has 0 saturated heterocycles. The first-order valence-electron chi connectivity index (χ1n) is 1.81. The SMILES string of the molecule is NC1=[N+]=NC(Cl)=C1F. The third kappa shape index (κ3) is 0.598. The number of halogens is 2. The highest BCUT2D eigenvalue weighted by Gasteiger charge is 2.22. The van der Waals surface area contributed by atoms with Gasteiger partial charge in [-0.2, -0.15) is 4.39 Å². The second-order valence-corrected chi connectivity index (χ2v) is 1.55. The molecule has 0 atom stereocenters. The zero-order valence-electron chi connectivity index (χ0n) is 3.73. The minimum atomic E-state index is -0.744. The van der Waals surface area contributed by atoms with Gasteiger partial charge in [-0.1, -0.05) is 16.4 Å². The molecule has 0 bridgehead atoms. The van der Waals surface area contributed by atoms with Crippen LogP contribution in [0, 0.1) is 0 Å². The van der Waals surface area contributed by atoms with Crippen molar-refractivity contribution in [2.45, 2.75) is 0 Å². The van der Waals surface area contributed by atoms with Crippen molar-refractivity contribution in [3.63, 3.8) is 0 Å². The van der Waals surface area contributed by atoms with Gasteiger partial charge in [-0.05, 0) is 0 Å². The lowest BCUT2D eigenvalue weighted by Crippen LogP contribution is -2.11. The number of hydrogen-bond acceptors (Lipinski definition) is 2. The van der Waals surface area contributed by atoms with Crippen molar-refractivity contribution < 1.29 is 9.18 Å². The first kappa shape index (κ1) is 5.28. The van der Waals surface area contributed by atoms with E-state index in [1.165, 1.54) is 0 Å². The number of rotatable bonds is 0. The van der Waals surface area contributed by atoms with E-state index in [1.54, 1.807) is 0 Å². The lowest BCUT2D eigenvalue weighted by atomic mass is 10.5. The molecule has 0 aromatic heterocycles. The Bertz CT molecular complexity index is 213. The zero-order chi connectivity index (χ0) is 6.15. The molecular formula is C3H2ClFN3+. The van der Waals surface area contributed by atoms with Crippen LogP contribution in [-0.4, -0.2) is 10.6 Å². The lowest BCUT2D eigenvalue weighted by Gasteiger charge is -1.72. The average molecular weight is 135 g/mol. The van der Waals surface area contributed by atoms with E-state index in [1.807, 2.05) is 0 Å². The highest BCUT2D eigenvalue weighted by molar-refractivity contribution is 6.31. The first-order valence-corrected chi connectivity index (χ1v) is 2.19. The Balaban J connectivity index is 3.05. The Hall–Kier alpha value is -0.860. The van der Waals surface area contributed by atoms with E-state index in [2.05, 4.69) is 9.90 Å². The van der Waals surface area contributed by atoms with Gasteiger partial charge in [0, 0.05) is 5.11 Å². The molecule has 0 saturated carbocycles. The molecular weight excluding hydrogens is 133 g/mol. The molecule has 0 fully saturated rings. The highest BCUT2D eigenvalue weighted by Crippen LogP contribution is 2.13. The summed E-state index contributed by atoms with van der Waals surface area (Å²) in [6, 6.07) is 0. The maximum absolute atomic E-state index is 12.1. The molecule has 0 unspecified atom stereocenters. The Morgan fingerprint density at radius 1 is 1.75 bits per heavy atom. The third-order valence-corrected chi connectivity index (χ3v) is 0.893. The number of amidine groups is 1. The fourth-order valence-corrected chi connectivity index (χ4v) is 0.426. The lowest BCUT2D eigenvalue weighted by molar-refractivity contribution is -0.0759. The third-order valence-electron chi connectivity index (χ3n) is 0.652. The van der Waals surface area contributed by atoms with Crippen LogP contribution < -0.4 is 5.73 Å². The Kier molecular flexibility index (Phi) is 1.04. The van der Waals surface area contributed by atoms with Gasteiger partial charge in [0.15, 0.2) is 0 Å². The molecule has 0 spiro atoms. The van der Waals surface area contributed by atoms with Crippen LogP contribution in [-0.2, 0) is 0 Å². The van der Waals surface area contributed by atoms with Crippen LogP contribution in [0.15, 0.2) is 16.1 Å². The predicted molar refractivity (Wildman–Crippen MR) is 25.9 cm³/mol. The number of nitrogens with two attached hydrogens (primary N) is 1. The second-order valence-electron chi connectivity index (χ2n) is 1.19. The molecule has 0 amide bonds. The smallest absolute Gasteiger partial charge is 0.268 e. The maximum atomic E-state index is 12.1. The summed E-state index contributed by atoms with van der Waals surface area (Å²) in [5.74, 6) is -0.998. The Morgan fingerprint density at radius 2 is 2.38 bits per heavy atom. The summed E-state index contributed by atoms with van der Waals surface area (Å²) < 4.78 is 12.1. The molecule has 1 aliphatic rings. The van der Waals surface area contributed by atoms with Crippen LogP contribution in [0.3, 0.4) is 0 Å². The molecule has 1 aliphatic heterocycles. The fraction of sp³-hybridized carbons (Fsp3) is 0. The monoisotopic (exact) mass is 134 g/mol. The summed E-state index contributed by atoms with van der Waals surface area (Å²) in [7, 11) is 0. The van der Waals surface area contributed by atoms with Gasteiger partial charge in [-0.3, -0.25) is 5.73 Å². The molecule has 0 radical (unpaired) electrons. The van der Waals surface area contributed by atoms with Crippen LogP contribution in [0.4, 0.5) is 4.39 Å². The average Bonchev–Trinajstić information content (AvgIpc) is 1.98. The minimum absolute atomic E-state index is 0.255. The molecule has 42 valence electrons. The van der Waals surface area contributed by atoms with Crippen LogP contribution in [0.2, 0.25) is 0 Å².